The van der Waals surface area contributed by atoms with Crippen LogP contribution in [0.4, 0.5) is 0 Å². The molecule has 0 aliphatic carbocycles. The average Bonchev–Trinajstić information content (AvgIpc) is 2.50. The summed E-state index contributed by atoms with van der Waals surface area (Å²) in [4.78, 5) is 5.93. The zero-order chi connectivity index (χ0) is 10.4. The molecule has 0 saturated carbocycles. The van der Waals surface area contributed by atoms with E-state index in [4.69, 9.17) is 0 Å². The maximum Gasteiger partial charge on any atom is 0.0900 e. The monoisotopic (exact) mass is 199 g/mol. The first kappa shape index (κ1) is 12.6. The molecule has 1 rings (SSSR count). The highest BCUT2D eigenvalue weighted by atomic mass is 32.1. The van der Waals surface area contributed by atoms with Crippen LogP contribution < -0.4 is 0 Å². The number of rotatable bonds is 2. The third-order valence-electron chi connectivity index (χ3n) is 1.69. The molecule has 0 radical (unpaired) electrons. The van der Waals surface area contributed by atoms with Crippen LogP contribution in [0.3, 0.4) is 0 Å². The lowest BCUT2D eigenvalue weighted by atomic mass is 10.1. The first-order valence-electron chi connectivity index (χ1n) is 5.11. The summed E-state index contributed by atoms with van der Waals surface area (Å²) < 4.78 is 0. The summed E-state index contributed by atoms with van der Waals surface area (Å²) in [7, 11) is 0. The molecular weight excluding hydrogens is 178 g/mol. The Labute approximate surface area is 86.2 Å². The van der Waals surface area contributed by atoms with Gasteiger partial charge in [0.25, 0.3) is 0 Å². The molecule has 2 heteroatoms. The van der Waals surface area contributed by atoms with Crippen molar-refractivity contribution in [1.29, 1.82) is 0 Å². The summed E-state index contributed by atoms with van der Waals surface area (Å²) >= 11 is 1.84. The van der Waals surface area contributed by atoms with Crippen molar-refractivity contribution in [2.24, 2.45) is 0 Å². The van der Waals surface area contributed by atoms with Gasteiger partial charge in [-0.2, -0.15) is 0 Å². The molecule has 0 N–H and O–H groups in total. The predicted octanol–water partition coefficient (Wildman–Crippen LogP) is 4.16. The molecule has 1 aromatic heterocycles. The van der Waals surface area contributed by atoms with Crippen LogP contribution in [-0.2, 0) is 6.42 Å². The Balaban J connectivity index is 0.000000671. The van der Waals surface area contributed by atoms with E-state index < -0.39 is 0 Å². The van der Waals surface area contributed by atoms with Crippen molar-refractivity contribution in [1.82, 2.24) is 4.98 Å². The van der Waals surface area contributed by atoms with Crippen LogP contribution in [0.1, 0.15) is 56.1 Å². The Morgan fingerprint density at radius 1 is 1.31 bits per heavy atom. The van der Waals surface area contributed by atoms with Gasteiger partial charge in [0, 0.05) is 4.88 Å². The Kier molecular flexibility index (Phi) is 5.97. The van der Waals surface area contributed by atoms with Crippen molar-refractivity contribution >= 4 is 11.3 Å². The Bertz CT molecular complexity index is 238. The molecule has 0 spiro atoms. The van der Waals surface area contributed by atoms with Gasteiger partial charge in [-0.15, -0.1) is 11.3 Å². The fourth-order valence-corrected chi connectivity index (χ4v) is 2.21. The van der Waals surface area contributed by atoms with Gasteiger partial charge in [-0.1, -0.05) is 34.6 Å². The van der Waals surface area contributed by atoms with Crippen LogP contribution >= 0.6 is 11.3 Å². The maximum absolute atomic E-state index is 4.47. The normalized spacial score (nSPS) is 9.77. The average molecular weight is 199 g/mol. The van der Waals surface area contributed by atoms with E-state index >= 15 is 0 Å². The largest absolute Gasteiger partial charge is 0.246 e. The molecule has 0 aliphatic rings. The molecule has 0 saturated heterocycles. The highest BCUT2D eigenvalue weighted by Gasteiger charge is 2.09. The molecule has 1 nitrogen and oxygen atoms in total. The van der Waals surface area contributed by atoms with Crippen LogP contribution in [0.15, 0.2) is 0 Å². The minimum Gasteiger partial charge on any atom is -0.246 e. The summed E-state index contributed by atoms with van der Waals surface area (Å²) in [5, 5.41) is 1.20. The molecule has 76 valence electrons. The van der Waals surface area contributed by atoms with Crippen LogP contribution in [-0.4, -0.2) is 4.98 Å². The lowest BCUT2D eigenvalue weighted by Crippen LogP contribution is -1.89. The van der Waals surface area contributed by atoms with Gasteiger partial charge in [-0.3, -0.25) is 0 Å². The zero-order valence-electron chi connectivity index (χ0n) is 9.64. The molecule has 1 heterocycles. The van der Waals surface area contributed by atoms with E-state index in [2.05, 4.69) is 32.7 Å². The molecular formula is C11H21NS. The van der Waals surface area contributed by atoms with Crippen LogP contribution in [0, 0.1) is 6.92 Å². The zero-order valence-corrected chi connectivity index (χ0v) is 10.5. The SMILES string of the molecule is CC.CCc1nc(C)sc1C(C)C. The Morgan fingerprint density at radius 2 is 1.85 bits per heavy atom. The van der Waals surface area contributed by atoms with Gasteiger partial charge in [0.1, 0.15) is 0 Å². The highest BCUT2D eigenvalue weighted by molar-refractivity contribution is 7.11. The Morgan fingerprint density at radius 3 is 2.15 bits per heavy atom. The van der Waals surface area contributed by atoms with E-state index in [1.165, 1.54) is 15.6 Å². The molecule has 0 aliphatic heterocycles. The van der Waals surface area contributed by atoms with E-state index in [1.54, 1.807) is 0 Å². The number of hydrogen-bond donors (Lipinski definition) is 0. The van der Waals surface area contributed by atoms with Crippen molar-refractivity contribution in [3.8, 4) is 0 Å². The van der Waals surface area contributed by atoms with Crippen molar-refractivity contribution in [2.45, 2.75) is 53.9 Å². The molecule has 0 unspecified atom stereocenters. The van der Waals surface area contributed by atoms with Crippen LogP contribution in [0.2, 0.25) is 0 Å². The fraction of sp³-hybridized carbons (Fsp3) is 0.727. The van der Waals surface area contributed by atoms with E-state index in [9.17, 15) is 0 Å². The number of aromatic nitrogens is 1. The summed E-state index contributed by atoms with van der Waals surface area (Å²) in [6, 6.07) is 0. The molecule has 0 fully saturated rings. The second-order valence-corrected chi connectivity index (χ2v) is 4.29. The third kappa shape index (κ3) is 3.47. The number of thiazole rings is 1. The number of hydrogen-bond acceptors (Lipinski definition) is 2. The molecule has 13 heavy (non-hydrogen) atoms. The topological polar surface area (TPSA) is 12.9 Å². The van der Waals surface area contributed by atoms with Crippen molar-refractivity contribution in [2.75, 3.05) is 0 Å². The molecule has 0 bridgehead atoms. The summed E-state index contributed by atoms with van der Waals surface area (Å²) in [6.07, 6.45) is 1.07. The summed E-state index contributed by atoms with van der Waals surface area (Å²) in [5.74, 6) is 0.635. The number of nitrogens with zero attached hydrogens (tertiary/aromatic N) is 1. The molecule has 0 aromatic carbocycles. The van der Waals surface area contributed by atoms with Crippen molar-refractivity contribution in [3.63, 3.8) is 0 Å². The minimum absolute atomic E-state index is 0.635. The van der Waals surface area contributed by atoms with Gasteiger partial charge in [-0.05, 0) is 19.3 Å². The number of aryl methyl sites for hydroxylation is 2. The second kappa shape index (κ2) is 6.14. The second-order valence-electron chi connectivity index (χ2n) is 3.05. The van der Waals surface area contributed by atoms with E-state index in [-0.39, 0.29) is 0 Å². The van der Waals surface area contributed by atoms with E-state index in [0.29, 0.717) is 5.92 Å². The Hall–Kier alpha value is -0.370. The smallest absolute Gasteiger partial charge is 0.0900 e. The summed E-state index contributed by atoms with van der Waals surface area (Å²) in [5.41, 5.74) is 1.29. The van der Waals surface area contributed by atoms with Gasteiger partial charge in [0.2, 0.25) is 0 Å². The fourth-order valence-electron chi connectivity index (χ4n) is 1.19. The van der Waals surface area contributed by atoms with Crippen molar-refractivity contribution in [3.05, 3.63) is 15.6 Å². The lowest BCUT2D eigenvalue weighted by molar-refractivity contribution is 0.855. The van der Waals surface area contributed by atoms with Crippen LogP contribution in [0.25, 0.3) is 0 Å². The minimum atomic E-state index is 0.635. The van der Waals surface area contributed by atoms with Gasteiger partial charge in [0.15, 0.2) is 0 Å². The van der Waals surface area contributed by atoms with Gasteiger partial charge in [-0.25, -0.2) is 4.98 Å². The predicted molar refractivity (Wildman–Crippen MR) is 61.7 cm³/mol. The van der Waals surface area contributed by atoms with Crippen LogP contribution in [0.5, 0.6) is 0 Å². The third-order valence-corrected chi connectivity index (χ3v) is 3.01. The standard InChI is InChI=1S/C9H15NS.C2H6/c1-5-8-9(6(2)3)11-7(4)10-8;1-2/h6H,5H2,1-4H3;1-2H3. The molecule has 0 amide bonds. The van der Waals surface area contributed by atoms with Gasteiger partial charge >= 0.3 is 0 Å². The van der Waals surface area contributed by atoms with Gasteiger partial charge < -0.3 is 0 Å². The lowest BCUT2D eigenvalue weighted by Gasteiger charge is -2.01. The first-order valence-corrected chi connectivity index (χ1v) is 5.93. The molecule has 0 atom stereocenters. The van der Waals surface area contributed by atoms with E-state index in [1.807, 2.05) is 25.2 Å². The maximum atomic E-state index is 4.47. The first-order chi connectivity index (χ1) is 6.15. The van der Waals surface area contributed by atoms with Gasteiger partial charge in [0.05, 0.1) is 10.7 Å². The quantitative estimate of drug-likeness (QED) is 0.697. The molecule has 1 aromatic rings. The highest BCUT2D eigenvalue weighted by Crippen LogP contribution is 2.26. The van der Waals surface area contributed by atoms with Crippen molar-refractivity contribution < 1.29 is 0 Å². The summed E-state index contributed by atoms with van der Waals surface area (Å²) in [6.45, 7) is 12.7. The van der Waals surface area contributed by atoms with E-state index in [0.717, 1.165) is 6.42 Å².